The number of likely N-dealkylation sites (N-methyl/N-ethyl adjacent to an activating group) is 1. The Bertz CT molecular complexity index is 1330. The average molecular weight is 465 g/mol. The minimum atomic E-state index is -0.306. The highest BCUT2D eigenvalue weighted by atomic mass is 32.1. The number of benzene rings is 1. The first-order valence-electron chi connectivity index (χ1n) is 10.5. The van der Waals surface area contributed by atoms with E-state index < -0.39 is 0 Å². The number of hydrogen-bond acceptors (Lipinski definition) is 7. The summed E-state index contributed by atoms with van der Waals surface area (Å²) >= 11 is 1.58. The molecular formula is C24H24N4O4S. The summed E-state index contributed by atoms with van der Waals surface area (Å²) in [5, 5.41) is 7.38. The van der Waals surface area contributed by atoms with Gasteiger partial charge in [0.05, 0.1) is 34.3 Å². The molecule has 0 fully saturated rings. The van der Waals surface area contributed by atoms with E-state index in [-0.39, 0.29) is 18.4 Å². The minimum Gasteiger partial charge on any atom is -0.497 e. The van der Waals surface area contributed by atoms with Crippen molar-refractivity contribution >= 4 is 39.9 Å². The zero-order chi connectivity index (χ0) is 23.5. The molecule has 1 N–H and O–H groups in total. The largest absolute Gasteiger partial charge is 0.497 e. The second-order valence-corrected chi connectivity index (χ2v) is 8.80. The lowest BCUT2D eigenvalue weighted by Crippen LogP contribution is -2.38. The molecule has 4 rings (SSSR count). The summed E-state index contributed by atoms with van der Waals surface area (Å²) in [7, 11) is 1.56. The molecule has 2 amide bonds. The fourth-order valence-electron chi connectivity index (χ4n) is 3.53. The van der Waals surface area contributed by atoms with E-state index in [1.807, 2.05) is 26.0 Å². The Morgan fingerprint density at radius 2 is 2.00 bits per heavy atom. The van der Waals surface area contributed by atoms with Gasteiger partial charge in [-0.05, 0) is 51.1 Å². The standard InChI is InChI=1S/C24H24N4O4S/c1-5-28(13-21(29)25-16-7-6-8-17(11-16)31-4)24(30)18-12-19(20-10-9-14(2)33-20)26-23-22(18)15(3)27-32-23/h6-12H,5,13H2,1-4H3,(H,25,29). The first-order chi connectivity index (χ1) is 15.9. The molecule has 0 aliphatic carbocycles. The number of hydrogen-bond donors (Lipinski definition) is 1. The van der Waals surface area contributed by atoms with Crippen molar-refractivity contribution < 1.29 is 18.8 Å². The van der Waals surface area contributed by atoms with Crippen LogP contribution >= 0.6 is 11.3 Å². The van der Waals surface area contributed by atoms with E-state index in [0.717, 1.165) is 9.75 Å². The van der Waals surface area contributed by atoms with Crippen molar-refractivity contribution in [3.8, 4) is 16.3 Å². The lowest BCUT2D eigenvalue weighted by Gasteiger charge is -2.21. The van der Waals surface area contributed by atoms with Crippen molar-refractivity contribution in [2.24, 2.45) is 0 Å². The number of fused-ring (bicyclic) bond motifs is 1. The third-order valence-electron chi connectivity index (χ3n) is 5.20. The molecule has 4 aromatic rings. The van der Waals surface area contributed by atoms with Crippen LogP contribution in [0.25, 0.3) is 21.7 Å². The predicted molar refractivity (Wildman–Crippen MR) is 128 cm³/mol. The van der Waals surface area contributed by atoms with E-state index in [9.17, 15) is 9.59 Å². The van der Waals surface area contributed by atoms with Crippen molar-refractivity contribution in [2.75, 3.05) is 25.5 Å². The quantitative estimate of drug-likeness (QED) is 0.427. The minimum absolute atomic E-state index is 0.103. The van der Waals surface area contributed by atoms with Gasteiger partial charge in [-0.2, -0.15) is 0 Å². The number of anilines is 1. The van der Waals surface area contributed by atoms with E-state index >= 15 is 0 Å². The SMILES string of the molecule is CCN(CC(=O)Nc1cccc(OC)c1)C(=O)c1cc(-c2ccc(C)s2)nc2onc(C)c12. The molecule has 0 saturated carbocycles. The summed E-state index contributed by atoms with van der Waals surface area (Å²) in [6.07, 6.45) is 0. The smallest absolute Gasteiger partial charge is 0.259 e. The zero-order valence-corrected chi connectivity index (χ0v) is 19.7. The molecule has 8 nitrogen and oxygen atoms in total. The van der Waals surface area contributed by atoms with Crippen LogP contribution in [0.15, 0.2) is 47.0 Å². The number of ether oxygens (including phenoxy) is 1. The summed E-state index contributed by atoms with van der Waals surface area (Å²) in [6, 6.07) is 12.8. The molecule has 0 radical (unpaired) electrons. The van der Waals surface area contributed by atoms with Gasteiger partial charge in [-0.3, -0.25) is 9.59 Å². The number of pyridine rings is 1. The van der Waals surface area contributed by atoms with Crippen molar-refractivity contribution in [3.05, 3.63) is 58.6 Å². The molecule has 0 saturated heterocycles. The Labute approximate surface area is 195 Å². The van der Waals surface area contributed by atoms with Gasteiger partial charge in [0.2, 0.25) is 5.91 Å². The summed E-state index contributed by atoms with van der Waals surface area (Å²) in [5.74, 6) is 0.0427. The molecule has 0 aliphatic heterocycles. The molecule has 33 heavy (non-hydrogen) atoms. The van der Waals surface area contributed by atoms with Gasteiger partial charge >= 0.3 is 0 Å². The van der Waals surface area contributed by atoms with Crippen LogP contribution in [0.5, 0.6) is 5.75 Å². The number of nitrogens with zero attached hydrogens (tertiary/aromatic N) is 3. The highest BCUT2D eigenvalue weighted by Gasteiger charge is 2.24. The monoisotopic (exact) mass is 464 g/mol. The predicted octanol–water partition coefficient (Wildman–Crippen LogP) is 4.68. The number of carbonyl (C=O) groups is 2. The lowest BCUT2D eigenvalue weighted by atomic mass is 10.1. The Balaban J connectivity index is 1.62. The number of aryl methyl sites for hydroxylation is 2. The highest BCUT2D eigenvalue weighted by molar-refractivity contribution is 7.15. The molecule has 170 valence electrons. The molecule has 3 aromatic heterocycles. The Morgan fingerprint density at radius 1 is 1.18 bits per heavy atom. The molecule has 0 unspecified atom stereocenters. The van der Waals surface area contributed by atoms with Crippen LogP contribution in [0.4, 0.5) is 5.69 Å². The van der Waals surface area contributed by atoms with Gasteiger partial charge in [-0.15, -0.1) is 11.3 Å². The normalized spacial score (nSPS) is 10.9. The maximum absolute atomic E-state index is 13.5. The van der Waals surface area contributed by atoms with Crippen molar-refractivity contribution in [3.63, 3.8) is 0 Å². The number of thiophene rings is 1. The van der Waals surface area contributed by atoms with Crippen LogP contribution in [0, 0.1) is 13.8 Å². The van der Waals surface area contributed by atoms with Crippen LogP contribution in [0.1, 0.15) is 27.9 Å². The third-order valence-corrected chi connectivity index (χ3v) is 6.22. The maximum atomic E-state index is 13.5. The molecule has 3 heterocycles. The summed E-state index contributed by atoms with van der Waals surface area (Å²) in [4.78, 5) is 34.4. The van der Waals surface area contributed by atoms with E-state index in [0.29, 0.717) is 46.0 Å². The molecule has 0 atom stereocenters. The number of carbonyl (C=O) groups excluding carboxylic acids is 2. The van der Waals surface area contributed by atoms with Gasteiger partial charge in [0, 0.05) is 23.2 Å². The molecular weight excluding hydrogens is 440 g/mol. The van der Waals surface area contributed by atoms with Gasteiger partial charge in [0.25, 0.3) is 11.6 Å². The highest BCUT2D eigenvalue weighted by Crippen LogP contribution is 2.31. The molecule has 0 spiro atoms. The van der Waals surface area contributed by atoms with Crippen molar-refractivity contribution in [1.82, 2.24) is 15.0 Å². The number of nitrogens with one attached hydrogen (secondary N) is 1. The second-order valence-electron chi connectivity index (χ2n) is 7.51. The Kier molecular flexibility index (Phi) is 6.41. The Hall–Kier alpha value is -3.72. The summed E-state index contributed by atoms with van der Waals surface area (Å²) in [5.41, 5.74) is 2.52. The van der Waals surface area contributed by atoms with Crippen LogP contribution in [0.3, 0.4) is 0 Å². The van der Waals surface area contributed by atoms with Gasteiger partial charge in [0.1, 0.15) is 12.3 Å². The van der Waals surface area contributed by atoms with Gasteiger partial charge in [0.15, 0.2) is 0 Å². The average Bonchev–Trinajstić information content (AvgIpc) is 3.42. The number of amides is 2. The fraction of sp³-hybridized carbons (Fsp3) is 0.250. The zero-order valence-electron chi connectivity index (χ0n) is 18.8. The number of aromatic nitrogens is 2. The number of rotatable bonds is 7. The molecule has 0 aliphatic rings. The molecule has 9 heteroatoms. The Morgan fingerprint density at radius 3 is 2.70 bits per heavy atom. The number of methoxy groups -OCH3 is 1. The first-order valence-corrected chi connectivity index (χ1v) is 11.3. The fourth-order valence-corrected chi connectivity index (χ4v) is 4.36. The summed E-state index contributed by atoms with van der Waals surface area (Å²) < 4.78 is 10.6. The van der Waals surface area contributed by atoms with Crippen LogP contribution in [0.2, 0.25) is 0 Å². The third kappa shape index (κ3) is 4.73. The lowest BCUT2D eigenvalue weighted by molar-refractivity contribution is -0.116. The first kappa shape index (κ1) is 22.5. The van der Waals surface area contributed by atoms with Gasteiger partial charge in [-0.25, -0.2) is 4.98 Å². The topological polar surface area (TPSA) is 97.6 Å². The molecule has 1 aromatic carbocycles. The van der Waals surface area contributed by atoms with Crippen molar-refractivity contribution in [1.29, 1.82) is 0 Å². The second kappa shape index (κ2) is 9.41. The van der Waals surface area contributed by atoms with E-state index in [4.69, 9.17) is 9.26 Å². The van der Waals surface area contributed by atoms with Crippen LogP contribution in [-0.4, -0.2) is 47.1 Å². The summed E-state index contributed by atoms with van der Waals surface area (Å²) in [6.45, 7) is 5.86. The van der Waals surface area contributed by atoms with E-state index in [1.165, 1.54) is 4.90 Å². The van der Waals surface area contributed by atoms with Gasteiger partial charge < -0.3 is 19.5 Å². The van der Waals surface area contributed by atoms with Crippen LogP contribution in [-0.2, 0) is 4.79 Å². The molecule has 0 bridgehead atoms. The van der Waals surface area contributed by atoms with Crippen molar-refractivity contribution in [2.45, 2.75) is 20.8 Å². The van der Waals surface area contributed by atoms with Gasteiger partial charge in [-0.1, -0.05) is 11.2 Å². The van der Waals surface area contributed by atoms with Crippen LogP contribution < -0.4 is 10.1 Å². The maximum Gasteiger partial charge on any atom is 0.259 e. The van der Waals surface area contributed by atoms with E-state index in [2.05, 4.69) is 15.5 Å². The van der Waals surface area contributed by atoms with E-state index in [1.54, 1.807) is 55.7 Å².